The molecule has 1 saturated heterocycles. The molecule has 98 valence electrons. The van der Waals surface area contributed by atoms with Crippen LogP contribution in [0.2, 0.25) is 0 Å². The minimum absolute atomic E-state index is 0.274. The van der Waals surface area contributed by atoms with Crippen molar-refractivity contribution in [1.29, 1.82) is 0 Å². The van der Waals surface area contributed by atoms with Gasteiger partial charge in [0.2, 0.25) is 0 Å². The van der Waals surface area contributed by atoms with Gasteiger partial charge in [0.25, 0.3) is 0 Å². The molecule has 18 heavy (non-hydrogen) atoms. The molecule has 1 aromatic carbocycles. The van der Waals surface area contributed by atoms with Crippen LogP contribution in [0.15, 0.2) is 28.7 Å². The molecule has 0 aliphatic carbocycles. The lowest BCUT2D eigenvalue weighted by atomic mass is 10.2. The smallest absolute Gasteiger partial charge is 0.323 e. The minimum atomic E-state index is -0.454. The molecule has 1 aliphatic heterocycles. The third-order valence-corrected chi connectivity index (χ3v) is 3.68. The number of carbonyl (C=O) groups is 1. The van der Waals surface area contributed by atoms with Crippen molar-refractivity contribution in [2.75, 3.05) is 13.7 Å². The minimum Gasteiger partial charge on any atom is -0.468 e. The second kappa shape index (κ2) is 5.82. The Labute approximate surface area is 115 Å². The molecule has 4 nitrogen and oxygen atoms in total. The van der Waals surface area contributed by atoms with E-state index in [1.165, 1.54) is 7.11 Å². The van der Waals surface area contributed by atoms with Gasteiger partial charge in [-0.1, -0.05) is 28.1 Å². The van der Waals surface area contributed by atoms with Gasteiger partial charge in [-0.25, -0.2) is 0 Å². The zero-order valence-electron chi connectivity index (χ0n) is 10.2. The summed E-state index contributed by atoms with van der Waals surface area (Å²) in [5, 5.41) is 9.68. The summed E-state index contributed by atoms with van der Waals surface area (Å²) in [4.78, 5) is 13.6. The molecule has 1 N–H and O–H groups in total. The normalized spacial score (nSPS) is 24.2. The fraction of sp³-hybridized carbons (Fsp3) is 0.462. The highest BCUT2D eigenvalue weighted by atomic mass is 79.9. The number of nitrogens with zero attached hydrogens (tertiary/aromatic N) is 1. The zero-order chi connectivity index (χ0) is 13.1. The Kier molecular flexibility index (Phi) is 4.37. The van der Waals surface area contributed by atoms with Crippen LogP contribution < -0.4 is 0 Å². The first-order valence-corrected chi connectivity index (χ1v) is 6.64. The SMILES string of the molecule is COC(=O)C1CC(O)CN1Cc1ccc(Br)cc1. The van der Waals surface area contributed by atoms with Crippen LogP contribution in [-0.2, 0) is 16.1 Å². The van der Waals surface area contributed by atoms with Crippen LogP contribution in [0.3, 0.4) is 0 Å². The molecule has 1 aromatic rings. The van der Waals surface area contributed by atoms with Crippen LogP contribution in [0, 0.1) is 0 Å². The van der Waals surface area contributed by atoms with E-state index in [1.54, 1.807) is 0 Å². The maximum Gasteiger partial charge on any atom is 0.323 e. The largest absolute Gasteiger partial charge is 0.468 e. The zero-order valence-corrected chi connectivity index (χ0v) is 11.8. The van der Waals surface area contributed by atoms with Crippen LogP contribution in [-0.4, -0.2) is 41.8 Å². The quantitative estimate of drug-likeness (QED) is 0.860. The lowest BCUT2D eigenvalue weighted by Crippen LogP contribution is -2.36. The van der Waals surface area contributed by atoms with Crippen LogP contribution in [0.4, 0.5) is 0 Å². The number of ether oxygens (including phenoxy) is 1. The van der Waals surface area contributed by atoms with E-state index in [-0.39, 0.29) is 12.0 Å². The van der Waals surface area contributed by atoms with E-state index >= 15 is 0 Å². The van der Waals surface area contributed by atoms with Gasteiger partial charge in [0, 0.05) is 24.0 Å². The average Bonchev–Trinajstić information content (AvgIpc) is 2.72. The first kappa shape index (κ1) is 13.5. The summed E-state index contributed by atoms with van der Waals surface area (Å²) in [6.45, 7) is 1.15. The molecule has 2 rings (SSSR count). The molecular formula is C13H16BrNO3. The van der Waals surface area contributed by atoms with E-state index in [1.807, 2.05) is 29.2 Å². The molecule has 0 saturated carbocycles. The van der Waals surface area contributed by atoms with E-state index in [0.717, 1.165) is 10.0 Å². The van der Waals surface area contributed by atoms with Crippen molar-refractivity contribution >= 4 is 21.9 Å². The van der Waals surface area contributed by atoms with E-state index in [4.69, 9.17) is 4.74 Å². The van der Waals surface area contributed by atoms with Gasteiger partial charge in [-0.2, -0.15) is 0 Å². The Morgan fingerprint density at radius 1 is 1.50 bits per heavy atom. The van der Waals surface area contributed by atoms with Gasteiger partial charge in [0.05, 0.1) is 13.2 Å². The molecule has 0 spiro atoms. The Morgan fingerprint density at radius 3 is 2.78 bits per heavy atom. The van der Waals surface area contributed by atoms with Crippen molar-refractivity contribution in [2.24, 2.45) is 0 Å². The van der Waals surface area contributed by atoms with E-state index in [0.29, 0.717) is 19.5 Å². The number of rotatable bonds is 3. The maximum absolute atomic E-state index is 11.6. The number of likely N-dealkylation sites (tertiary alicyclic amines) is 1. The number of halogens is 1. The number of esters is 1. The number of hydrogen-bond acceptors (Lipinski definition) is 4. The number of aliphatic hydroxyl groups is 1. The van der Waals surface area contributed by atoms with Gasteiger partial charge in [-0.05, 0) is 17.7 Å². The first-order valence-electron chi connectivity index (χ1n) is 5.84. The third-order valence-electron chi connectivity index (χ3n) is 3.15. The Hall–Kier alpha value is -0.910. The van der Waals surface area contributed by atoms with Crippen LogP contribution in [0.5, 0.6) is 0 Å². The molecule has 2 atom stereocenters. The van der Waals surface area contributed by atoms with Crippen molar-refractivity contribution in [3.8, 4) is 0 Å². The molecule has 0 amide bonds. The number of hydrogen-bond donors (Lipinski definition) is 1. The summed E-state index contributed by atoms with van der Waals surface area (Å²) < 4.78 is 5.80. The van der Waals surface area contributed by atoms with E-state index in [9.17, 15) is 9.90 Å². The topological polar surface area (TPSA) is 49.8 Å². The van der Waals surface area contributed by atoms with Crippen molar-refractivity contribution < 1.29 is 14.6 Å². The molecule has 5 heteroatoms. The Balaban J connectivity index is 2.07. The number of β-amino-alcohol motifs (C(OH)–C–C–N with tert-alkyl or cyclic N) is 1. The summed E-state index contributed by atoms with van der Waals surface area (Å²) >= 11 is 3.39. The molecular weight excluding hydrogens is 298 g/mol. The highest BCUT2D eigenvalue weighted by Crippen LogP contribution is 2.22. The highest BCUT2D eigenvalue weighted by molar-refractivity contribution is 9.10. The molecule has 1 aliphatic rings. The number of carbonyl (C=O) groups excluding carboxylic acids is 1. The Morgan fingerprint density at radius 2 is 2.17 bits per heavy atom. The molecule has 1 fully saturated rings. The van der Waals surface area contributed by atoms with Gasteiger partial charge in [0.15, 0.2) is 0 Å². The molecule has 1 heterocycles. The summed E-state index contributed by atoms with van der Waals surface area (Å²) in [5.41, 5.74) is 1.11. The van der Waals surface area contributed by atoms with Gasteiger partial charge in [-0.15, -0.1) is 0 Å². The second-order valence-corrected chi connectivity index (χ2v) is 5.40. The molecule has 0 radical (unpaired) electrons. The standard InChI is InChI=1S/C13H16BrNO3/c1-18-13(17)12-6-11(16)8-15(12)7-9-2-4-10(14)5-3-9/h2-5,11-12,16H,6-8H2,1H3. The fourth-order valence-corrected chi connectivity index (χ4v) is 2.52. The summed E-state index contributed by atoms with van der Waals surface area (Å²) in [5.74, 6) is -0.274. The molecule has 2 unspecified atom stereocenters. The summed E-state index contributed by atoms with van der Waals surface area (Å²) in [7, 11) is 1.38. The lowest BCUT2D eigenvalue weighted by Gasteiger charge is -2.21. The van der Waals surface area contributed by atoms with Gasteiger partial charge in [0.1, 0.15) is 6.04 Å². The van der Waals surface area contributed by atoms with Crippen LogP contribution in [0.25, 0.3) is 0 Å². The second-order valence-electron chi connectivity index (χ2n) is 4.48. The van der Waals surface area contributed by atoms with Crippen molar-refractivity contribution in [1.82, 2.24) is 4.90 Å². The molecule has 0 bridgehead atoms. The summed E-state index contributed by atoms with van der Waals surface area (Å²) in [6, 6.07) is 7.60. The third kappa shape index (κ3) is 3.10. The Bertz CT molecular complexity index is 421. The number of aliphatic hydroxyl groups excluding tert-OH is 1. The van der Waals surface area contributed by atoms with Gasteiger partial charge in [-0.3, -0.25) is 9.69 Å². The van der Waals surface area contributed by atoms with Crippen LogP contribution >= 0.6 is 15.9 Å². The van der Waals surface area contributed by atoms with Crippen molar-refractivity contribution in [3.05, 3.63) is 34.3 Å². The fourth-order valence-electron chi connectivity index (χ4n) is 2.26. The lowest BCUT2D eigenvalue weighted by molar-refractivity contribution is -0.146. The number of benzene rings is 1. The maximum atomic E-state index is 11.6. The van der Waals surface area contributed by atoms with Gasteiger partial charge < -0.3 is 9.84 Å². The number of methoxy groups -OCH3 is 1. The predicted octanol–water partition coefficient (Wildman–Crippen LogP) is 1.56. The van der Waals surface area contributed by atoms with Gasteiger partial charge >= 0.3 is 5.97 Å². The molecule has 0 aromatic heterocycles. The van der Waals surface area contributed by atoms with E-state index < -0.39 is 6.10 Å². The highest BCUT2D eigenvalue weighted by Gasteiger charge is 2.36. The van der Waals surface area contributed by atoms with E-state index in [2.05, 4.69) is 15.9 Å². The monoisotopic (exact) mass is 313 g/mol. The van der Waals surface area contributed by atoms with Crippen LogP contribution in [0.1, 0.15) is 12.0 Å². The summed E-state index contributed by atoms with van der Waals surface area (Å²) in [6.07, 6.45) is -0.00650. The average molecular weight is 314 g/mol. The predicted molar refractivity (Wildman–Crippen MR) is 71.0 cm³/mol. The van der Waals surface area contributed by atoms with Crippen molar-refractivity contribution in [3.63, 3.8) is 0 Å². The first-order chi connectivity index (χ1) is 8.60. The van der Waals surface area contributed by atoms with Crippen molar-refractivity contribution in [2.45, 2.75) is 25.1 Å².